The SMILES string of the molecule is O=C(CNC(=O)c1cccs1)Nc1cc(Cl)cc(Cl)c1. The highest BCUT2D eigenvalue weighted by molar-refractivity contribution is 7.12. The summed E-state index contributed by atoms with van der Waals surface area (Å²) in [6.07, 6.45) is 0. The summed E-state index contributed by atoms with van der Waals surface area (Å²) in [6.45, 7) is -0.124. The third-order valence-corrected chi connectivity index (χ3v) is 3.61. The number of amides is 2. The van der Waals surface area contributed by atoms with Gasteiger partial charge in [0.1, 0.15) is 0 Å². The zero-order valence-electron chi connectivity index (χ0n) is 10.2. The van der Waals surface area contributed by atoms with Gasteiger partial charge in [-0.25, -0.2) is 0 Å². The second-order valence-electron chi connectivity index (χ2n) is 3.87. The highest BCUT2D eigenvalue weighted by atomic mass is 35.5. The zero-order chi connectivity index (χ0) is 14.5. The van der Waals surface area contributed by atoms with Gasteiger partial charge in [-0.3, -0.25) is 9.59 Å². The molecule has 0 aliphatic rings. The van der Waals surface area contributed by atoms with E-state index in [1.54, 1.807) is 35.7 Å². The average Bonchev–Trinajstić information content (AvgIpc) is 2.88. The summed E-state index contributed by atoms with van der Waals surface area (Å²) >= 11 is 13.0. The quantitative estimate of drug-likeness (QED) is 0.903. The number of rotatable bonds is 4. The Morgan fingerprint density at radius 2 is 1.85 bits per heavy atom. The van der Waals surface area contributed by atoms with Gasteiger partial charge in [0.15, 0.2) is 0 Å². The van der Waals surface area contributed by atoms with Crippen molar-refractivity contribution in [1.29, 1.82) is 0 Å². The predicted octanol–water partition coefficient (Wildman–Crippen LogP) is 3.42. The maximum Gasteiger partial charge on any atom is 0.261 e. The number of thiophene rings is 1. The van der Waals surface area contributed by atoms with E-state index in [9.17, 15) is 9.59 Å². The van der Waals surface area contributed by atoms with E-state index in [0.29, 0.717) is 20.6 Å². The van der Waals surface area contributed by atoms with Crippen LogP contribution in [0.4, 0.5) is 5.69 Å². The minimum Gasteiger partial charge on any atom is -0.342 e. The standard InChI is InChI=1S/C13H10Cl2N2O2S/c14-8-4-9(15)6-10(5-8)17-12(18)7-16-13(19)11-2-1-3-20-11/h1-6H,7H2,(H,16,19)(H,17,18). The largest absolute Gasteiger partial charge is 0.342 e. The van der Waals surface area contributed by atoms with Crippen LogP contribution in [0, 0.1) is 0 Å². The summed E-state index contributed by atoms with van der Waals surface area (Å²) in [6, 6.07) is 8.18. The van der Waals surface area contributed by atoms with Gasteiger partial charge in [-0.1, -0.05) is 29.3 Å². The smallest absolute Gasteiger partial charge is 0.261 e. The fourth-order valence-corrected chi connectivity index (χ4v) is 2.65. The maximum absolute atomic E-state index is 11.7. The van der Waals surface area contributed by atoms with Crippen LogP contribution in [-0.4, -0.2) is 18.4 Å². The molecule has 0 atom stereocenters. The fourth-order valence-electron chi connectivity index (χ4n) is 1.49. The van der Waals surface area contributed by atoms with Gasteiger partial charge in [0.25, 0.3) is 5.91 Å². The lowest BCUT2D eigenvalue weighted by molar-refractivity contribution is -0.115. The Labute approximate surface area is 129 Å². The Bertz CT molecular complexity index is 609. The third kappa shape index (κ3) is 4.23. The molecular formula is C13H10Cl2N2O2S. The Hall–Kier alpha value is -1.56. The molecule has 0 bridgehead atoms. The molecule has 2 aromatic rings. The minimum absolute atomic E-state index is 0.124. The number of carbonyl (C=O) groups excluding carboxylic acids is 2. The first-order valence-corrected chi connectivity index (χ1v) is 7.26. The summed E-state index contributed by atoms with van der Waals surface area (Å²) < 4.78 is 0. The van der Waals surface area contributed by atoms with Gasteiger partial charge in [0, 0.05) is 15.7 Å². The monoisotopic (exact) mass is 328 g/mol. The number of anilines is 1. The van der Waals surface area contributed by atoms with Gasteiger partial charge in [0.2, 0.25) is 5.91 Å². The molecule has 0 radical (unpaired) electrons. The molecule has 20 heavy (non-hydrogen) atoms. The van der Waals surface area contributed by atoms with Crippen molar-refractivity contribution in [3.63, 3.8) is 0 Å². The first-order chi connectivity index (χ1) is 9.54. The number of hydrogen-bond donors (Lipinski definition) is 2. The average molecular weight is 329 g/mol. The lowest BCUT2D eigenvalue weighted by atomic mass is 10.3. The van der Waals surface area contributed by atoms with Crippen molar-refractivity contribution in [2.24, 2.45) is 0 Å². The molecule has 4 nitrogen and oxygen atoms in total. The van der Waals surface area contributed by atoms with E-state index < -0.39 is 0 Å². The van der Waals surface area contributed by atoms with E-state index in [4.69, 9.17) is 23.2 Å². The highest BCUT2D eigenvalue weighted by Crippen LogP contribution is 2.22. The second kappa shape index (κ2) is 6.74. The lowest BCUT2D eigenvalue weighted by Gasteiger charge is -2.07. The molecule has 0 saturated heterocycles. The molecule has 0 aliphatic heterocycles. The van der Waals surface area contributed by atoms with E-state index in [0.717, 1.165) is 0 Å². The number of benzene rings is 1. The minimum atomic E-state index is -0.353. The molecule has 0 aliphatic carbocycles. The maximum atomic E-state index is 11.7. The topological polar surface area (TPSA) is 58.2 Å². The van der Waals surface area contributed by atoms with Gasteiger partial charge < -0.3 is 10.6 Å². The summed E-state index contributed by atoms with van der Waals surface area (Å²) in [5.74, 6) is -0.632. The van der Waals surface area contributed by atoms with Crippen molar-refractivity contribution in [2.45, 2.75) is 0 Å². The molecule has 2 rings (SSSR count). The van der Waals surface area contributed by atoms with Crippen molar-refractivity contribution in [3.05, 3.63) is 50.6 Å². The van der Waals surface area contributed by atoms with Crippen molar-refractivity contribution in [3.8, 4) is 0 Å². The Balaban J connectivity index is 1.88. The molecule has 0 saturated carbocycles. The summed E-state index contributed by atoms with van der Waals surface area (Å²) in [7, 11) is 0. The molecule has 7 heteroatoms. The second-order valence-corrected chi connectivity index (χ2v) is 5.69. The van der Waals surface area contributed by atoms with Crippen LogP contribution in [0.25, 0.3) is 0 Å². The van der Waals surface area contributed by atoms with Crippen molar-refractivity contribution in [2.75, 3.05) is 11.9 Å². The number of nitrogens with one attached hydrogen (secondary N) is 2. The van der Waals surface area contributed by atoms with Crippen molar-refractivity contribution >= 4 is 52.0 Å². The summed E-state index contributed by atoms with van der Waals surface area (Å²) in [5.41, 5.74) is 0.484. The lowest BCUT2D eigenvalue weighted by Crippen LogP contribution is -2.32. The molecule has 2 N–H and O–H groups in total. The molecule has 1 aromatic heterocycles. The Morgan fingerprint density at radius 3 is 2.45 bits per heavy atom. The number of hydrogen-bond acceptors (Lipinski definition) is 3. The van der Waals surface area contributed by atoms with E-state index in [1.165, 1.54) is 11.3 Å². The predicted molar refractivity (Wildman–Crippen MR) is 81.7 cm³/mol. The molecular weight excluding hydrogens is 319 g/mol. The number of carbonyl (C=O) groups is 2. The van der Waals surface area contributed by atoms with Crippen LogP contribution in [0.2, 0.25) is 10.0 Å². The van der Waals surface area contributed by atoms with Gasteiger partial charge in [0.05, 0.1) is 11.4 Å². The fraction of sp³-hybridized carbons (Fsp3) is 0.0769. The molecule has 104 valence electrons. The van der Waals surface area contributed by atoms with E-state index in [1.807, 2.05) is 0 Å². The zero-order valence-corrected chi connectivity index (χ0v) is 12.5. The van der Waals surface area contributed by atoms with Gasteiger partial charge in [-0.05, 0) is 29.6 Å². The van der Waals surface area contributed by atoms with Crippen LogP contribution in [0.15, 0.2) is 35.7 Å². The molecule has 0 unspecified atom stereocenters. The van der Waals surface area contributed by atoms with E-state index in [2.05, 4.69) is 10.6 Å². The summed E-state index contributed by atoms with van der Waals surface area (Å²) in [4.78, 5) is 23.9. The van der Waals surface area contributed by atoms with Crippen molar-refractivity contribution in [1.82, 2.24) is 5.32 Å². The van der Waals surface area contributed by atoms with Crippen LogP contribution in [0.3, 0.4) is 0 Å². The summed E-state index contributed by atoms with van der Waals surface area (Å²) in [5, 5.41) is 7.78. The third-order valence-electron chi connectivity index (χ3n) is 2.30. The molecule has 1 heterocycles. The molecule has 0 fully saturated rings. The molecule has 0 spiro atoms. The molecule has 2 amide bonds. The van der Waals surface area contributed by atoms with Gasteiger partial charge in [-0.2, -0.15) is 0 Å². The van der Waals surface area contributed by atoms with E-state index >= 15 is 0 Å². The van der Waals surface area contributed by atoms with Crippen LogP contribution < -0.4 is 10.6 Å². The van der Waals surface area contributed by atoms with Crippen LogP contribution in [0.5, 0.6) is 0 Å². The van der Waals surface area contributed by atoms with Crippen LogP contribution in [-0.2, 0) is 4.79 Å². The van der Waals surface area contributed by atoms with Gasteiger partial charge >= 0.3 is 0 Å². The number of halogens is 2. The Morgan fingerprint density at radius 1 is 1.15 bits per heavy atom. The first-order valence-electron chi connectivity index (χ1n) is 5.62. The van der Waals surface area contributed by atoms with Crippen LogP contribution in [0.1, 0.15) is 9.67 Å². The molecule has 1 aromatic carbocycles. The normalized spacial score (nSPS) is 10.1. The van der Waals surface area contributed by atoms with Crippen molar-refractivity contribution < 1.29 is 9.59 Å². The first kappa shape index (κ1) is 14.8. The highest BCUT2D eigenvalue weighted by Gasteiger charge is 2.09. The Kier molecular flexibility index (Phi) is 5.00. The van der Waals surface area contributed by atoms with E-state index in [-0.39, 0.29) is 18.4 Å². The van der Waals surface area contributed by atoms with Crippen LogP contribution >= 0.6 is 34.5 Å². The van der Waals surface area contributed by atoms with Gasteiger partial charge in [-0.15, -0.1) is 11.3 Å².